The van der Waals surface area contributed by atoms with E-state index in [1.807, 2.05) is 29.3 Å². The number of thioether (sulfide) groups is 1. The molecule has 0 radical (unpaired) electrons. The number of amides is 1. The highest BCUT2D eigenvalue weighted by atomic mass is 32.2. The van der Waals surface area contributed by atoms with Crippen LogP contribution >= 0.6 is 23.1 Å². The van der Waals surface area contributed by atoms with Crippen LogP contribution in [0.4, 0.5) is 13.6 Å². The number of thiazole rings is 1. The van der Waals surface area contributed by atoms with Gasteiger partial charge in [-0.15, -0.1) is 11.3 Å². The Bertz CT molecular complexity index is 1850. The molecule has 1 fully saturated rings. The van der Waals surface area contributed by atoms with E-state index in [4.69, 9.17) is 9.47 Å². The van der Waals surface area contributed by atoms with Crippen LogP contribution in [0, 0.1) is 11.6 Å². The van der Waals surface area contributed by atoms with Crippen LogP contribution in [0.2, 0.25) is 0 Å². The van der Waals surface area contributed by atoms with E-state index in [0.717, 1.165) is 24.3 Å². The highest BCUT2D eigenvalue weighted by Gasteiger charge is 2.47. The minimum absolute atomic E-state index is 0.0370. The van der Waals surface area contributed by atoms with Gasteiger partial charge in [-0.3, -0.25) is 19.3 Å². The number of aromatic nitrogens is 2. The zero-order valence-corrected chi connectivity index (χ0v) is 24.1. The van der Waals surface area contributed by atoms with Gasteiger partial charge in [0, 0.05) is 35.9 Å². The lowest BCUT2D eigenvalue weighted by atomic mass is 9.92. The van der Waals surface area contributed by atoms with Gasteiger partial charge in [-0.25, -0.2) is 18.6 Å². The number of halogens is 2. The van der Waals surface area contributed by atoms with E-state index in [2.05, 4.69) is 9.72 Å². The largest absolute Gasteiger partial charge is 0.510 e. The lowest BCUT2D eigenvalue weighted by molar-refractivity contribution is 0.0131. The monoisotopic (exact) mass is 624 g/mol. The normalized spacial score (nSPS) is 18.4. The second kappa shape index (κ2) is 10.7. The molecule has 2 aromatic heterocycles. The smallest absolute Gasteiger partial charge is 0.451 e. The van der Waals surface area contributed by atoms with Crippen molar-refractivity contribution < 1.29 is 32.6 Å². The lowest BCUT2D eigenvalue weighted by Gasteiger charge is -2.51. The Kier molecular flexibility index (Phi) is 6.81. The maximum absolute atomic E-state index is 15.8. The van der Waals surface area contributed by atoms with Crippen LogP contribution in [0.15, 0.2) is 59.0 Å². The van der Waals surface area contributed by atoms with E-state index in [1.165, 1.54) is 23.6 Å². The molecule has 4 heterocycles. The van der Waals surface area contributed by atoms with E-state index in [9.17, 15) is 18.8 Å². The predicted octanol–water partition coefficient (Wildman–Crippen LogP) is 4.61. The van der Waals surface area contributed by atoms with Crippen LogP contribution < -0.4 is 15.2 Å². The predicted molar refractivity (Wildman–Crippen MR) is 155 cm³/mol. The van der Waals surface area contributed by atoms with Crippen molar-refractivity contribution in [1.29, 1.82) is 0 Å². The summed E-state index contributed by atoms with van der Waals surface area (Å²) in [5.74, 6) is -1.61. The van der Waals surface area contributed by atoms with E-state index in [0.29, 0.717) is 34.2 Å². The van der Waals surface area contributed by atoms with Crippen molar-refractivity contribution in [3.63, 3.8) is 0 Å². The number of carbonyl (C=O) groups excluding carboxylic acids is 2. The Labute approximate surface area is 251 Å². The molecule has 0 spiro atoms. The second-order valence-electron chi connectivity index (χ2n) is 9.84. The third kappa shape index (κ3) is 4.27. The van der Waals surface area contributed by atoms with Crippen molar-refractivity contribution >= 4 is 35.2 Å². The number of hydrogen-bond acceptors (Lipinski definition) is 10. The number of methoxy groups -OCH3 is 1. The van der Waals surface area contributed by atoms with Crippen molar-refractivity contribution in [2.24, 2.45) is 0 Å². The molecule has 2 aliphatic heterocycles. The first-order valence-corrected chi connectivity index (χ1v) is 15.2. The number of pyridine rings is 1. The Balaban J connectivity index is 1.49. The zero-order chi connectivity index (χ0) is 29.8. The standard InChI is InChI=1S/C29H22F2N4O6S2/c1-39-29(38)41-14-40-26-19(36)8-9-34-25(26)28(37)33-10-11-42-12-20(33)35(34)24-15-4-2-3-5-16(15)27-23(32-13-43-27)21-17(24)6-7-18(30)22(21)31/h2-9,13,20,24H,10-12,14H2,1H3. The quantitative estimate of drug-likeness (QED) is 0.238. The molecular formula is C29H22F2N4O6S2. The maximum Gasteiger partial charge on any atom is 0.510 e. The summed E-state index contributed by atoms with van der Waals surface area (Å²) in [6.07, 6.45) is -0.0714. The molecule has 2 atom stereocenters. The molecule has 43 heavy (non-hydrogen) atoms. The minimum Gasteiger partial charge on any atom is -0.451 e. The summed E-state index contributed by atoms with van der Waals surface area (Å²) in [6, 6.07) is 10.7. The van der Waals surface area contributed by atoms with Crippen molar-refractivity contribution in [2.75, 3.05) is 37.0 Å². The van der Waals surface area contributed by atoms with Crippen LogP contribution in [-0.2, 0) is 9.47 Å². The van der Waals surface area contributed by atoms with Gasteiger partial charge in [0.25, 0.3) is 5.91 Å². The molecule has 4 aromatic rings. The fraction of sp³-hybridized carbons (Fsp3) is 0.241. The zero-order valence-electron chi connectivity index (χ0n) is 22.5. The van der Waals surface area contributed by atoms with Gasteiger partial charge in [0.1, 0.15) is 6.17 Å². The van der Waals surface area contributed by atoms with Crippen LogP contribution in [0.3, 0.4) is 0 Å². The van der Waals surface area contributed by atoms with Crippen molar-refractivity contribution in [1.82, 2.24) is 14.6 Å². The topological polar surface area (TPSA) is 103 Å². The lowest BCUT2D eigenvalue weighted by Crippen LogP contribution is -2.65. The summed E-state index contributed by atoms with van der Waals surface area (Å²) < 4.78 is 47.0. The molecule has 2 aromatic carbocycles. The van der Waals surface area contributed by atoms with Crippen LogP contribution in [0.1, 0.15) is 27.7 Å². The summed E-state index contributed by atoms with van der Waals surface area (Å²) in [4.78, 5) is 45.4. The number of ether oxygens (including phenoxy) is 3. The molecule has 0 N–H and O–H groups in total. The van der Waals surface area contributed by atoms with Crippen LogP contribution in [-0.4, -0.2) is 64.7 Å². The molecule has 220 valence electrons. The number of benzene rings is 2. The van der Waals surface area contributed by atoms with Gasteiger partial charge in [0.05, 0.1) is 29.2 Å². The molecule has 1 amide bonds. The van der Waals surface area contributed by atoms with E-state index < -0.39 is 48.1 Å². The molecule has 0 saturated carbocycles. The highest BCUT2D eigenvalue weighted by Crippen LogP contribution is 2.50. The number of hydrogen-bond donors (Lipinski definition) is 0. The van der Waals surface area contributed by atoms with E-state index in [1.54, 1.807) is 32.9 Å². The third-order valence-electron chi connectivity index (χ3n) is 7.69. The van der Waals surface area contributed by atoms with Gasteiger partial charge >= 0.3 is 6.16 Å². The molecule has 10 nitrogen and oxygen atoms in total. The highest BCUT2D eigenvalue weighted by molar-refractivity contribution is 7.99. The van der Waals surface area contributed by atoms with Crippen molar-refractivity contribution in [3.8, 4) is 27.4 Å². The number of carbonyl (C=O) groups is 2. The second-order valence-corrected chi connectivity index (χ2v) is 11.8. The first-order chi connectivity index (χ1) is 20.9. The number of rotatable bonds is 4. The first-order valence-electron chi connectivity index (χ1n) is 13.2. The summed E-state index contributed by atoms with van der Waals surface area (Å²) in [5, 5.41) is 1.90. The van der Waals surface area contributed by atoms with Crippen molar-refractivity contribution in [3.05, 3.63) is 92.9 Å². The van der Waals surface area contributed by atoms with Gasteiger partial charge < -0.3 is 19.1 Å². The summed E-state index contributed by atoms with van der Waals surface area (Å²) in [7, 11) is 1.13. The molecular weight excluding hydrogens is 602 g/mol. The Morgan fingerprint density at radius 1 is 1.12 bits per heavy atom. The molecule has 1 aliphatic carbocycles. The molecule has 1 saturated heterocycles. The fourth-order valence-electron chi connectivity index (χ4n) is 5.90. The molecule has 7 rings (SSSR count). The molecule has 0 bridgehead atoms. The van der Waals surface area contributed by atoms with Crippen molar-refractivity contribution in [2.45, 2.75) is 12.2 Å². The van der Waals surface area contributed by atoms with Gasteiger partial charge in [-0.2, -0.15) is 11.8 Å². The van der Waals surface area contributed by atoms with Crippen LogP contribution in [0.25, 0.3) is 21.7 Å². The summed E-state index contributed by atoms with van der Waals surface area (Å²) in [5.41, 5.74) is 3.31. The van der Waals surface area contributed by atoms with Gasteiger partial charge in [0.2, 0.25) is 18.0 Å². The summed E-state index contributed by atoms with van der Waals surface area (Å²) in [6.45, 7) is -0.295. The number of nitrogens with zero attached hydrogens (tertiary/aromatic N) is 4. The minimum atomic E-state index is -1.02. The molecule has 2 unspecified atom stereocenters. The van der Waals surface area contributed by atoms with Gasteiger partial charge in [-0.05, 0) is 22.8 Å². The Hall–Kier alpha value is -4.43. The maximum atomic E-state index is 15.8. The summed E-state index contributed by atoms with van der Waals surface area (Å²) >= 11 is 2.98. The Morgan fingerprint density at radius 2 is 1.95 bits per heavy atom. The SMILES string of the molecule is COC(=O)OCOc1c2n(ccc1=O)N(C1c3ccccc3-c3scnc3-c3c1ccc(F)c3F)C1CSCCN1C2=O. The van der Waals surface area contributed by atoms with Gasteiger partial charge in [0.15, 0.2) is 17.3 Å². The van der Waals surface area contributed by atoms with E-state index >= 15 is 4.39 Å². The first kappa shape index (κ1) is 27.4. The van der Waals surface area contributed by atoms with Crippen LogP contribution in [0.5, 0.6) is 5.75 Å². The average molecular weight is 625 g/mol. The van der Waals surface area contributed by atoms with E-state index in [-0.39, 0.29) is 17.0 Å². The fourth-order valence-corrected chi connectivity index (χ4v) is 7.78. The Morgan fingerprint density at radius 3 is 2.79 bits per heavy atom. The van der Waals surface area contributed by atoms with Gasteiger partial charge in [-0.1, -0.05) is 30.3 Å². The molecule has 3 aliphatic rings. The number of fused-ring (bicyclic) bond motifs is 7. The molecule has 14 heteroatoms. The third-order valence-corrected chi connectivity index (χ3v) is 9.56. The average Bonchev–Trinajstić information content (AvgIpc) is 3.47.